The third kappa shape index (κ3) is 5.78. The maximum Gasteiger partial charge on any atom is 0.243 e. The average Bonchev–Trinajstić information content (AvgIpc) is 2.83. The first kappa shape index (κ1) is 25.3. The first-order chi connectivity index (χ1) is 15.7. The van der Waals surface area contributed by atoms with Crippen LogP contribution in [0.5, 0.6) is 11.5 Å². The Balaban J connectivity index is 1.60. The maximum absolute atomic E-state index is 13.1. The highest BCUT2D eigenvalue weighted by Gasteiger charge is 2.35. The molecule has 2 amide bonds. The van der Waals surface area contributed by atoms with E-state index in [1.807, 2.05) is 18.7 Å². The van der Waals surface area contributed by atoms with Crippen LogP contribution in [0.4, 0.5) is 0 Å². The van der Waals surface area contributed by atoms with Crippen molar-refractivity contribution in [3.05, 3.63) is 18.2 Å². The molecule has 2 heterocycles. The summed E-state index contributed by atoms with van der Waals surface area (Å²) in [5, 5.41) is 3.03. The van der Waals surface area contributed by atoms with Crippen LogP contribution in [0.3, 0.4) is 0 Å². The van der Waals surface area contributed by atoms with Gasteiger partial charge in [0, 0.05) is 50.1 Å². The Morgan fingerprint density at radius 1 is 1.03 bits per heavy atom. The van der Waals surface area contributed by atoms with Gasteiger partial charge < -0.3 is 19.7 Å². The second-order valence-corrected chi connectivity index (χ2v) is 10.9. The van der Waals surface area contributed by atoms with E-state index in [2.05, 4.69) is 5.32 Å². The predicted octanol–water partition coefficient (Wildman–Crippen LogP) is 1.87. The van der Waals surface area contributed by atoms with Crippen molar-refractivity contribution in [3.63, 3.8) is 0 Å². The van der Waals surface area contributed by atoms with Crippen molar-refractivity contribution in [2.75, 3.05) is 40.4 Å². The van der Waals surface area contributed by atoms with Crippen LogP contribution in [0.25, 0.3) is 0 Å². The minimum atomic E-state index is -3.70. The maximum atomic E-state index is 13.1. The molecule has 3 rings (SSSR count). The molecule has 9 nitrogen and oxygen atoms in total. The Kier molecular flexibility index (Phi) is 8.23. The van der Waals surface area contributed by atoms with Gasteiger partial charge in [-0.3, -0.25) is 9.59 Å². The molecule has 1 atom stereocenters. The molecule has 1 aromatic rings. The number of methoxy groups -OCH3 is 2. The fourth-order valence-corrected chi connectivity index (χ4v) is 5.88. The standard InChI is InChI=1S/C23H35N3O6S/c1-16(2)22(27)24-18-6-5-11-25(15-18)23(28)17-9-12-26(13-10-17)33(29,30)19-7-8-20(31-3)21(14-19)32-4/h7-8,14,16-18H,5-6,9-13,15H2,1-4H3,(H,24,27). The lowest BCUT2D eigenvalue weighted by Gasteiger charge is -2.37. The molecule has 2 fully saturated rings. The van der Waals surface area contributed by atoms with E-state index in [1.54, 1.807) is 6.07 Å². The lowest BCUT2D eigenvalue weighted by Crippen LogP contribution is -2.52. The zero-order chi connectivity index (χ0) is 24.2. The van der Waals surface area contributed by atoms with Crippen LogP contribution in [-0.2, 0) is 19.6 Å². The SMILES string of the molecule is COc1ccc(S(=O)(=O)N2CCC(C(=O)N3CCCC(NC(=O)C(C)C)C3)CC2)cc1OC. The number of rotatable bonds is 7. The molecule has 0 saturated carbocycles. The summed E-state index contributed by atoms with van der Waals surface area (Å²) >= 11 is 0. The molecular formula is C23H35N3O6S. The van der Waals surface area contributed by atoms with Gasteiger partial charge in [-0.1, -0.05) is 13.8 Å². The predicted molar refractivity (Wildman–Crippen MR) is 124 cm³/mol. The third-order valence-electron chi connectivity index (χ3n) is 6.40. The van der Waals surface area contributed by atoms with E-state index in [9.17, 15) is 18.0 Å². The van der Waals surface area contributed by atoms with E-state index >= 15 is 0 Å². The summed E-state index contributed by atoms with van der Waals surface area (Å²) in [6.45, 7) is 5.47. The molecule has 184 valence electrons. The summed E-state index contributed by atoms with van der Waals surface area (Å²) in [4.78, 5) is 27.1. The Labute approximate surface area is 196 Å². The van der Waals surface area contributed by atoms with Crippen molar-refractivity contribution in [1.29, 1.82) is 0 Å². The van der Waals surface area contributed by atoms with Gasteiger partial charge in [0.15, 0.2) is 11.5 Å². The number of carbonyl (C=O) groups is 2. The molecule has 0 radical (unpaired) electrons. The van der Waals surface area contributed by atoms with Gasteiger partial charge in [-0.25, -0.2) is 8.42 Å². The third-order valence-corrected chi connectivity index (χ3v) is 8.29. The average molecular weight is 482 g/mol. The Bertz CT molecular complexity index is 957. The van der Waals surface area contributed by atoms with Crippen LogP contribution in [0, 0.1) is 11.8 Å². The number of sulfonamides is 1. The molecule has 0 spiro atoms. The van der Waals surface area contributed by atoms with E-state index in [0.29, 0.717) is 37.4 Å². The van der Waals surface area contributed by atoms with Crippen LogP contribution in [0.1, 0.15) is 39.5 Å². The monoisotopic (exact) mass is 481 g/mol. The van der Waals surface area contributed by atoms with Crippen LogP contribution < -0.4 is 14.8 Å². The molecule has 10 heteroatoms. The van der Waals surface area contributed by atoms with Crippen LogP contribution >= 0.6 is 0 Å². The highest BCUT2D eigenvalue weighted by atomic mass is 32.2. The highest BCUT2D eigenvalue weighted by Crippen LogP contribution is 2.32. The zero-order valence-corrected chi connectivity index (χ0v) is 20.7. The van der Waals surface area contributed by atoms with E-state index in [1.165, 1.54) is 30.7 Å². The summed E-state index contributed by atoms with van der Waals surface area (Å²) in [7, 11) is -0.739. The van der Waals surface area contributed by atoms with Crippen molar-refractivity contribution in [3.8, 4) is 11.5 Å². The van der Waals surface area contributed by atoms with Crippen LogP contribution in [-0.4, -0.2) is 75.9 Å². The number of hydrogen-bond acceptors (Lipinski definition) is 6. The van der Waals surface area contributed by atoms with E-state index in [0.717, 1.165) is 12.8 Å². The Morgan fingerprint density at radius 3 is 2.30 bits per heavy atom. The highest BCUT2D eigenvalue weighted by molar-refractivity contribution is 7.89. The summed E-state index contributed by atoms with van der Waals surface area (Å²) in [6, 6.07) is 4.52. The van der Waals surface area contributed by atoms with Crippen molar-refractivity contribution >= 4 is 21.8 Å². The molecule has 0 bridgehead atoms. The van der Waals surface area contributed by atoms with Gasteiger partial charge >= 0.3 is 0 Å². The van der Waals surface area contributed by atoms with Gasteiger partial charge in [0.05, 0.1) is 19.1 Å². The van der Waals surface area contributed by atoms with Gasteiger partial charge in [0.2, 0.25) is 21.8 Å². The number of nitrogens with one attached hydrogen (secondary N) is 1. The van der Waals surface area contributed by atoms with Crippen molar-refractivity contribution in [1.82, 2.24) is 14.5 Å². The lowest BCUT2D eigenvalue weighted by molar-refractivity contribution is -0.139. The molecule has 0 aliphatic carbocycles. The molecule has 2 aliphatic heterocycles. The lowest BCUT2D eigenvalue weighted by atomic mass is 9.94. The van der Waals surface area contributed by atoms with Gasteiger partial charge in [-0.15, -0.1) is 0 Å². The minimum absolute atomic E-state index is 0.00276. The molecule has 2 aliphatic rings. The fraction of sp³-hybridized carbons (Fsp3) is 0.652. The van der Waals surface area contributed by atoms with Crippen molar-refractivity contribution < 1.29 is 27.5 Å². The van der Waals surface area contributed by atoms with E-state index < -0.39 is 10.0 Å². The normalized spacial score (nSPS) is 20.5. The minimum Gasteiger partial charge on any atom is -0.493 e. The molecular weight excluding hydrogens is 446 g/mol. The largest absolute Gasteiger partial charge is 0.493 e. The number of ether oxygens (including phenoxy) is 2. The molecule has 0 aromatic heterocycles. The second-order valence-electron chi connectivity index (χ2n) is 8.98. The number of likely N-dealkylation sites (tertiary alicyclic amines) is 1. The summed E-state index contributed by atoms with van der Waals surface area (Å²) in [5.41, 5.74) is 0. The van der Waals surface area contributed by atoms with Gasteiger partial charge in [0.1, 0.15) is 0 Å². The summed E-state index contributed by atoms with van der Waals surface area (Å²) in [5.74, 6) is 0.581. The number of nitrogens with zero attached hydrogens (tertiary/aromatic N) is 2. The number of hydrogen-bond donors (Lipinski definition) is 1. The van der Waals surface area contributed by atoms with Crippen LogP contribution in [0.15, 0.2) is 23.1 Å². The van der Waals surface area contributed by atoms with E-state index in [-0.39, 0.29) is 47.7 Å². The summed E-state index contributed by atoms with van der Waals surface area (Å²) in [6.07, 6.45) is 2.67. The summed E-state index contributed by atoms with van der Waals surface area (Å²) < 4.78 is 38.1. The topological polar surface area (TPSA) is 105 Å². The molecule has 33 heavy (non-hydrogen) atoms. The van der Waals surface area contributed by atoms with Gasteiger partial charge in [-0.05, 0) is 37.8 Å². The molecule has 1 aromatic carbocycles. The quantitative estimate of drug-likeness (QED) is 0.637. The first-order valence-corrected chi connectivity index (χ1v) is 12.9. The molecule has 1 N–H and O–H groups in total. The van der Waals surface area contributed by atoms with Crippen molar-refractivity contribution in [2.45, 2.75) is 50.5 Å². The second kappa shape index (κ2) is 10.7. The fourth-order valence-electron chi connectivity index (χ4n) is 4.39. The Morgan fingerprint density at radius 2 is 1.70 bits per heavy atom. The number of amides is 2. The first-order valence-electron chi connectivity index (χ1n) is 11.5. The number of benzene rings is 1. The van der Waals surface area contributed by atoms with Crippen LogP contribution in [0.2, 0.25) is 0 Å². The Hall–Kier alpha value is -2.33. The van der Waals surface area contributed by atoms with Gasteiger partial charge in [-0.2, -0.15) is 4.31 Å². The van der Waals surface area contributed by atoms with Gasteiger partial charge in [0.25, 0.3) is 0 Å². The van der Waals surface area contributed by atoms with Crippen molar-refractivity contribution in [2.24, 2.45) is 11.8 Å². The number of piperidine rings is 2. The zero-order valence-electron chi connectivity index (χ0n) is 19.9. The molecule has 2 saturated heterocycles. The smallest absolute Gasteiger partial charge is 0.243 e. The number of carbonyl (C=O) groups excluding carboxylic acids is 2. The van der Waals surface area contributed by atoms with E-state index in [4.69, 9.17) is 9.47 Å². The molecule has 1 unspecified atom stereocenters.